The van der Waals surface area contributed by atoms with E-state index in [-0.39, 0.29) is 36.0 Å². The van der Waals surface area contributed by atoms with Gasteiger partial charge in [0, 0.05) is 38.3 Å². The lowest BCUT2D eigenvalue weighted by atomic mass is 9.88. The topological polar surface area (TPSA) is 94.1 Å². The van der Waals surface area contributed by atoms with Crippen LogP contribution >= 0.6 is 0 Å². The molecule has 1 aromatic carbocycles. The van der Waals surface area contributed by atoms with Crippen molar-refractivity contribution in [2.75, 3.05) is 11.4 Å². The van der Waals surface area contributed by atoms with Crippen LogP contribution in [-0.2, 0) is 29.0 Å². The molecule has 0 radical (unpaired) electrons. The fourth-order valence-electron chi connectivity index (χ4n) is 4.56. The maximum atomic E-state index is 13.5. The van der Waals surface area contributed by atoms with Crippen LogP contribution in [0.3, 0.4) is 0 Å². The molecule has 33 heavy (non-hydrogen) atoms. The van der Waals surface area contributed by atoms with Crippen molar-refractivity contribution in [3.63, 3.8) is 0 Å². The fourth-order valence-corrected chi connectivity index (χ4v) is 4.56. The molecular formula is C22H20F3N5O3. The lowest BCUT2D eigenvalue weighted by molar-refractivity contribution is -0.122. The SMILES string of the molecule is Cc1noc(C2CC(=O)N(c3cnn4c3CC(C(=O)Cc3cc(F)c(F)c(F)c3)CC4)C2)n1. The van der Waals surface area contributed by atoms with Gasteiger partial charge in [0.2, 0.25) is 11.8 Å². The van der Waals surface area contributed by atoms with E-state index in [1.54, 1.807) is 22.7 Å². The minimum Gasteiger partial charge on any atom is -0.339 e. The van der Waals surface area contributed by atoms with Crippen molar-refractivity contribution in [3.05, 3.63) is 58.8 Å². The second-order valence-electron chi connectivity index (χ2n) is 8.49. The van der Waals surface area contributed by atoms with E-state index in [1.807, 2.05) is 0 Å². The summed E-state index contributed by atoms with van der Waals surface area (Å²) in [6, 6.07) is 1.69. The summed E-state index contributed by atoms with van der Waals surface area (Å²) in [5, 5.41) is 8.15. The first-order valence-corrected chi connectivity index (χ1v) is 10.6. The number of hydrogen-bond acceptors (Lipinski definition) is 6. The van der Waals surface area contributed by atoms with Crippen molar-refractivity contribution in [3.8, 4) is 0 Å². The molecule has 1 amide bonds. The highest BCUT2D eigenvalue weighted by Gasteiger charge is 2.38. The molecule has 8 nitrogen and oxygen atoms in total. The van der Waals surface area contributed by atoms with E-state index in [0.717, 1.165) is 17.8 Å². The largest absolute Gasteiger partial charge is 0.339 e. The molecule has 2 aromatic heterocycles. The minimum absolute atomic E-state index is 0.0862. The van der Waals surface area contributed by atoms with Crippen molar-refractivity contribution in [2.24, 2.45) is 5.92 Å². The molecule has 2 atom stereocenters. The van der Waals surface area contributed by atoms with Crippen molar-refractivity contribution in [2.45, 2.75) is 45.1 Å². The summed E-state index contributed by atoms with van der Waals surface area (Å²) in [5.41, 5.74) is 1.48. The lowest BCUT2D eigenvalue weighted by Gasteiger charge is -2.25. The number of fused-ring (bicyclic) bond motifs is 1. The summed E-state index contributed by atoms with van der Waals surface area (Å²) in [5.74, 6) is -4.21. The van der Waals surface area contributed by atoms with Crippen LogP contribution in [0.5, 0.6) is 0 Å². The number of Topliss-reactive ketones (excluding diaryl/α,β-unsaturated/α-hetero) is 1. The van der Waals surface area contributed by atoms with Gasteiger partial charge < -0.3 is 9.42 Å². The van der Waals surface area contributed by atoms with Crippen LogP contribution in [0.15, 0.2) is 22.9 Å². The number of nitrogens with zero attached hydrogens (tertiary/aromatic N) is 5. The lowest BCUT2D eigenvalue weighted by Crippen LogP contribution is -2.30. The second kappa shape index (κ2) is 8.13. The van der Waals surface area contributed by atoms with Gasteiger partial charge in [-0.3, -0.25) is 14.3 Å². The normalized spacial score (nSPS) is 20.4. The number of carbonyl (C=O) groups is 2. The van der Waals surface area contributed by atoms with E-state index in [9.17, 15) is 22.8 Å². The summed E-state index contributed by atoms with van der Waals surface area (Å²) >= 11 is 0. The van der Waals surface area contributed by atoms with Crippen LogP contribution in [0.25, 0.3) is 0 Å². The first-order valence-electron chi connectivity index (χ1n) is 10.6. The van der Waals surface area contributed by atoms with Crippen LogP contribution in [0.1, 0.15) is 41.7 Å². The Balaban J connectivity index is 1.32. The summed E-state index contributed by atoms with van der Waals surface area (Å²) < 4.78 is 47.2. The minimum atomic E-state index is -1.55. The van der Waals surface area contributed by atoms with E-state index in [1.165, 1.54) is 0 Å². The Kier molecular flexibility index (Phi) is 5.26. The van der Waals surface area contributed by atoms with Gasteiger partial charge in [0.25, 0.3) is 0 Å². The second-order valence-corrected chi connectivity index (χ2v) is 8.49. The number of hydrogen-bond donors (Lipinski definition) is 0. The zero-order valence-electron chi connectivity index (χ0n) is 17.7. The van der Waals surface area contributed by atoms with Crippen molar-refractivity contribution < 1.29 is 27.3 Å². The maximum absolute atomic E-state index is 13.5. The number of amides is 1. The molecule has 1 fully saturated rings. The molecule has 0 N–H and O–H groups in total. The van der Waals surface area contributed by atoms with Gasteiger partial charge in [-0.15, -0.1) is 0 Å². The predicted molar refractivity (Wildman–Crippen MR) is 108 cm³/mol. The third-order valence-corrected chi connectivity index (χ3v) is 6.24. The van der Waals surface area contributed by atoms with E-state index in [2.05, 4.69) is 15.2 Å². The summed E-state index contributed by atoms with van der Waals surface area (Å²) in [4.78, 5) is 31.4. The highest BCUT2D eigenvalue weighted by atomic mass is 19.2. The summed E-state index contributed by atoms with van der Waals surface area (Å²) in [6.07, 6.45) is 2.50. The van der Waals surface area contributed by atoms with Gasteiger partial charge >= 0.3 is 0 Å². The Labute approximate surface area is 186 Å². The summed E-state index contributed by atoms with van der Waals surface area (Å²) in [7, 11) is 0. The molecule has 0 bridgehead atoms. The fraction of sp³-hybridized carbons (Fsp3) is 0.409. The summed E-state index contributed by atoms with van der Waals surface area (Å²) in [6.45, 7) is 2.56. The van der Waals surface area contributed by atoms with Crippen molar-refractivity contribution >= 4 is 17.4 Å². The Morgan fingerprint density at radius 2 is 1.97 bits per heavy atom. The van der Waals surface area contributed by atoms with Crippen LogP contribution in [0.4, 0.5) is 18.9 Å². The van der Waals surface area contributed by atoms with Gasteiger partial charge in [0.15, 0.2) is 23.3 Å². The van der Waals surface area contributed by atoms with Gasteiger partial charge in [-0.1, -0.05) is 5.16 Å². The number of aryl methyl sites for hydroxylation is 2. The average molecular weight is 459 g/mol. The number of rotatable bonds is 5. The quantitative estimate of drug-likeness (QED) is 0.545. The zero-order valence-corrected chi connectivity index (χ0v) is 17.7. The van der Waals surface area contributed by atoms with Gasteiger partial charge in [0.1, 0.15) is 5.78 Å². The number of benzene rings is 1. The molecule has 0 spiro atoms. The Hall–Kier alpha value is -3.50. The Morgan fingerprint density at radius 3 is 2.67 bits per heavy atom. The number of carbonyl (C=O) groups excluding carboxylic acids is 2. The number of aromatic nitrogens is 4. The number of anilines is 1. The van der Waals surface area contributed by atoms with Crippen LogP contribution in [0, 0.1) is 30.3 Å². The molecular weight excluding hydrogens is 439 g/mol. The molecule has 11 heteroatoms. The molecule has 0 aliphatic carbocycles. The molecule has 2 aliphatic rings. The van der Waals surface area contributed by atoms with Crippen molar-refractivity contribution in [1.29, 1.82) is 0 Å². The Morgan fingerprint density at radius 1 is 1.21 bits per heavy atom. The van der Waals surface area contributed by atoms with E-state index in [0.29, 0.717) is 43.3 Å². The van der Waals surface area contributed by atoms with Crippen molar-refractivity contribution in [1.82, 2.24) is 19.9 Å². The molecule has 5 rings (SSSR count). The molecule has 2 aliphatic heterocycles. The molecule has 2 unspecified atom stereocenters. The van der Waals surface area contributed by atoms with Crippen LogP contribution in [0.2, 0.25) is 0 Å². The number of halogens is 3. The standard InChI is InChI=1S/C22H20F3N5O3/c1-11-27-22(33-28-11)14-8-20(32)29(10-14)18-9-26-30-3-2-13(7-17(18)30)19(31)6-12-4-15(23)21(25)16(24)5-12/h4-5,9,13-14H,2-3,6-8,10H2,1H3. The highest BCUT2D eigenvalue weighted by Crippen LogP contribution is 2.36. The zero-order chi connectivity index (χ0) is 23.3. The van der Waals surface area contributed by atoms with Gasteiger partial charge in [0.05, 0.1) is 23.5 Å². The van der Waals surface area contributed by atoms with E-state index >= 15 is 0 Å². The maximum Gasteiger partial charge on any atom is 0.232 e. The highest BCUT2D eigenvalue weighted by molar-refractivity contribution is 5.97. The predicted octanol–water partition coefficient (Wildman–Crippen LogP) is 2.89. The molecule has 3 aromatic rings. The first-order chi connectivity index (χ1) is 15.8. The van der Waals surface area contributed by atoms with E-state index in [4.69, 9.17) is 4.52 Å². The third-order valence-electron chi connectivity index (χ3n) is 6.24. The molecule has 172 valence electrons. The number of ketones is 1. The van der Waals surface area contributed by atoms with Crippen LogP contribution in [-0.4, -0.2) is 38.2 Å². The van der Waals surface area contributed by atoms with Crippen LogP contribution < -0.4 is 4.90 Å². The van der Waals surface area contributed by atoms with Gasteiger partial charge in [-0.25, -0.2) is 13.2 Å². The van der Waals surface area contributed by atoms with E-state index < -0.39 is 23.4 Å². The average Bonchev–Trinajstić information content (AvgIpc) is 3.49. The molecule has 0 saturated carbocycles. The van der Waals surface area contributed by atoms with Gasteiger partial charge in [-0.05, 0) is 31.0 Å². The monoisotopic (exact) mass is 459 g/mol. The van der Waals surface area contributed by atoms with Gasteiger partial charge in [-0.2, -0.15) is 10.1 Å². The molecule has 1 saturated heterocycles. The molecule has 4 heterocycles. The Bertz CT molecular complexity index is 1230. The first kappa shape index (κ1) is 21.4. The third kappa shape index (κ3) is 3.91. The smallest absolute Gasteiger partial charge is 0.232 e.